The fourth-order valence-electron chi connectivity index (χ4n) is 8.39. The highest BCUT2D eigenvalue weighted by Gasteiger charge is 2.78. The topological polar surface area (TPSA) is 107 Å². The zero-order valence-electron chi connectivity index (χ0n) is 23.7. The Bertz CT molecular complexity index is 1350. The van der Waals surface area contributed by atoms with Crippen LogP contribution in [0.2, 0.25) is 0 Å². The molecule has 2 unspecified atom stereocenters. The van der Waals surface area contributed by atoms with Gasteiger partial charge in [0.2, 0.25) is 5.60 Å². The maximum absolute atomic E-state index is 17.5. The number of allylic oxidation sites excluding steroid dienone is 4. The Hall–Kier alpha value is -3.20. The van der Waals surface area contributed by atoms with Crippen molar-refractivity contribution in [2.24, 2.45) is 28.6 Å². The van der Waals surface area contributed by atoms with E-state index >= 15 is 8.78 Å². The molecule has 4 aliphatic carbocycles. The monoisotopic (exact) mass is 570 g/mol. The van der Waals surface area contributed by atoms with Crippen molar-refractivity contribution >= 4 is 23.5 Å². The number of Topliss-reactive ketones (excluding diaryl/α,β-unsaturated/α-hetero) is 1. The lowest BCUT2D eigenvalue weighted by atomic mass is 9.45. The number of benzene rings is 1. The lowest BCUT2D eigenvalue weighted by molar-refractivity contribution is -0.234. The van der Waals surface area contributed by atoms with E-state index in [1.54, 1.807) is 51.1 Å². The minimum Gasteiger partial charge on any atom is -0.454 e. The summed E-state index contributed by atoms with van der Waals surface area (Å²) in [5, 5.41) is 11.6. The van der Waals surface area contributed by atoms with Gasteiger partial charge in [-0.25, -0.2) is 13.6 Å². The molecular formula is C32H36F2O7. The van der Waals surface area contributed by atoms with Crippen LogP contribution in [0, 0.1) is 28.6 Å². The highest BCUT2D eigenvalue weighted by atomic mass is 19.1. The molecule has 8 atom stereocenters. The lowest BCUT2D eigenvalue weighted by Gasteiger charge is -2.62. The highest BCUT2D eigenvalue weighted by molar-refractivity contribution is 5.98. The van der Waals surface area contributed by atoms with Gasteiger partial charge in [-0.2, -0.15) is 0 Å². The maximum atomic E-state index is 17.5. The molecule has 9 heteroatoms. The molecule has 220 valence electrons. The molecule has 4 aliphatic rings. The number of aliphatic hydroxyl groups excluding tert-OH is 1. The van der Waals surface area contributed by atoms with Crippen LogP contribution in [-0.2, 0) is 23.9 Å². The molecule has 1 aromatic rings. The summed E-state index contributed by atoms with van der Waals surface area (Å²) < 4.78 is 44.7. The second-order valence-electron chi connectivity index (χ2n) is 12.5. The Kier molecular flexibility index (Phi) is 7.12. The number of fused-ring (bicyclic) bond motifs is 5. The summed E-state index contributed by atoms with van der Waals surface area (Å²) in [5.41, 5.74) is -6.80. The molecule has 0 amide bonds. The van der Waals surface area contributed by atoms with Crippen LogP contribution in [0.4, 0.5) is 8.78 Å². The number of alkyl halides is 1. The average molecular weight is 571 g/mol. The Labute approximate surface area is 238 Å². The second-order valence-corrected chi connectivity index (χ2v) is 12.5. The van der Waals surface area contributed by atoms with Crippen molar-refractivity contribution in [2.75, 3.05) is 6.61 Å². The first-order valence-electron chi connectivity index (χ1n) is 14.2. The van der Waals surface area contributed by atoms with Gasteiger partial charge in [0.15, 0.2) is 23.8 Å². The van der Waals surface area contributed by atoms with Gasteiger partial charge in [-0.1, -0.05) is 57.2 Å². The maximum Gasteiger partial charge on any atom is 0.351 e. The smallest absolute Gasteiger partial charge is 0.351 e. The van der Waals surface area contributed by atoms with Crippen molar-refractivity contribution in [1.82, 2.24) is 0 Å². The number of hydrogen-bond donors (Lipinski definition) is 1. The number of ketones is 2. The van der Waals surface area contributed by atoms with E-state index in [-0.39, 0.29) is 43.5 Å². The Balaban J connectivity index is 1.56. The third-order valence-corrected chi connectivity index (χ3v) is 10.5. The van der Waals surface area contributed by atoms with Gasteiger partial charge in [-0.15, -0.1) is 0 Å². The van der Waals surface area contributed by atoms with Crippen LogP contribution in [0.3, 0.4) is 0 Å². The van der Waals surface area contributed by atoms with E-state index in [0.717, 1.165) is 0 Å². The molecule has 0 radical (unpaired) electrons. The molecule has 41 heavy (non-hydrogen) atoms. The number of hydrogen-bond acceptors (Lipinski definition) is 7. The van der Waals surface area contributed by atoms with E-state index in [4.69, 9.17) is 9.47 Å². The number of rotatable bonds is 6. The van der Waals surface area contributed by atoms with Gasteiger partial charge in [0, 0.05) is 47.5 Å². The number of carbonyl (C=O) groups excluding carboxylic acids is 4. The van der Waals surface area contributed by atoms with Gasteiger partial charge in [0.25, 0.3) is 0 Å². The molecule has 0 aliphatic heterocycles. The molecule has 0 aromatic heterocycles. The Morgan fingerprint density at radius 1 is 1.12 bits per heavy atom. The number of aliphatic hydroxyl groups is 1. The molecule has 0 bridgehead atoms. The fraction of sp³-hybridized carbons (Fsp3) is 0.562. The third-order valence-electron chi connectivity index (χ3n) is 10.5. The SMILES string of the molecule is CCC(=O)O[C@]1(C(=O)OCC(=O)c2ccccc2)[C@H](C)CC2C3CC(F)=C4CC(=O)C=C[C@]4(C)[C@@]3(F)[C@@H](O)C[C@@]21C. The fourth-order valence-corrected chi connectivity index (χ4v) is 8.39. The van der Waals surface area contributed by atoms with E-state index in [1.165, 1.54) is 19.1 Å². The Morgan fingerprint density at radius 2 is 1.80 bits per heavy atom. The molecule has 7 nitrogen and oxygen atoms in total. The molecular weight excluding hydrogens is 534 g/mol. The summed E-state index contributed by atoms with van der Waals surface area (Å²) >= 11 is 0. The first-order chi connectivity index (χ1) is 19.3. The van der Waals surface area contributed by atoms with E-state index < -0.39 is 76.1 Å². The molecule has 0 spiro atoms. The second kappa shape index (κ2) is 9.96. The minimum atomic E-state index is -2.34. The van der Waals surface area contributed by atoms with E-state index in [9.17, 15) is 24.3 Å². The highest BCUT2D eigenvalue weighted by Crippen LogP contribution is 2.71. The minimum absolute atomic E-state index is 0.0416. The molecule has 0 saturated heterocycles. The van der Waals surface area contributed by atoms with E-state index in [0.29, 0.717) is 5.56 Å². The van der Waals surface area contributed by atoms with Crippen LogP contribution in [0.25, 0.3) is 0 Å². The number of carbonyl (C=O) groups is 4. The van der Waals surface area contributed by atoms with Crippen LogP contribution in [0.1, 0.15) is 70.2 Å². The summed E-state index contributed by atoms with van der Waals surface area (Å²) in [7, 11) is 0. The van der Waals surface area contributed by atoms with Crippen LogP contribution in [0.15, 0.2) is 53.9 Å². The number of ether oxygens (including phenoxy) is 2. The van der Waals surface area contributed by atoms with Crippen molar-refractivity contribution < 1.29 is 42.5 Å². The van der Waals surface area contributed by atoms with Crippen molar-refractivity contribution in [1.29, 1.82) is 0 Å². The van der Waals surface area contributed by atoms with Gasteiger partial charge in [-0.05, 0) is 37.3 Å². The normalized spacial score (nSPS) is 39.4. The number of halogens is 2. The molecule has 1 N–H and O–H groups in total. The molecule has 0 heterocycles. The van der Waals surface area contributed by atoms with Crippen LogP contribution < -0.4 is 0 Å². The number of esters is 2. The van der Waals surface area contributed by atoms with E-state index in [2.05, 4.69) is 0 Å². The zero-order chi connectivity index (χ0) is 30.0. The van der Waals surface area contributed by atoms with Crippen molar-refractivity contribution in [3.8, 4) is 0 Å². The molecule has 2 fully saturated rings. The van der Waals surface area contributed by atoms with Crippen molar-refractivity contribution in [3.05, 3.63) is 59.4 Å². The van der Waals surface area contributed by atoms with Crippen LogP contribution in [0.5, 0.6) is 0 Å². The van der Waals surface area contributed by atoms with Crippen LogP contribution >= 0.6 is 0 Å². The lowest BCUT2D eigenvalue weighted by Crippen LogP contribution is -2.70. The Morgan fingerprint density at radius 3 is 2.46 bits per heavy atom. The summed E-state index contributed by atoms with van der Waals surface area (Å²) in [6, 6.07) is 8.28. The average Bonchev–Trinajstić information content (AvgIpc) is 3.16. The summed E-state index contributed by atoms with van der Waals surface area (Å²) in [4.78, 5) is 51.7. The molecule has 1 aromatic carbocycles. The van der Waals surface area contributed by atoms with Crippen molar-refractivity contribution in [3.63, 3.8) is 0 Å². The van der Waals surface area contributed by atoms with Crippen molar-refractivity contribution in [2.45, 2.75) is 77.2 Å². The van der Waals surface area contributed by atoms with Gasteiger partial charge in [-0.3, -0.25) is 14.4 Å². The van der Waals surface area contributed by atoms with E-state index in [1.807, 2.05) is 0 Å². The predicted octanol–water partition coefficient (Wildman–Crippen LogP) is 5.02. The largest absolute Gasteiger partial charge is 0.454 e. The third kappa shape index (κ3) is 3.98. The standard InChI is InChI=1S/C32H36F2O7/c1-5-27(38)41-32(28(39)40-17-25(36)19-9-7-6-8-10-19)18(2)13-21-22-15-24(33)23-14-20(35)11-12-29(23,3)31(22,34)26(37)16-30(21,32)4/h6-12,18,21-22,26,37H,5,13-17H2,1-4H3/t18-,21?,22?,26+,29+,30+,31+,32+/m1/s1. The zero-order valence-corrected chi connectivity index (χ0v) is 23.7. The van der Waals surface area contributed by atoms with Gasteiger partial charge in [0.05, 0.1) is 6.10 Å². The van der Waals surface area contributed by atoms with Gasteiger partial charge >= 0.3 is 11.9 Å². The first-order valence-corrected chi connectivity index (χ1v) is 14.2. The van der Waals surface area contributed by atoms with Crippen LogP contribution in [-0.4, -0.2) is 52.6 Å². The van der Waals surface area contributed by atoms with Gasteiger partial charge < -0.3 is 14.6 Å². The quantitative estimate of drug-likeness (QED) is 0.378. The van der Waals surface area contributed by atoms with Gasteiger partial charge in [0.1, 0.15) is 5.83 Å². The summed E-state index contributed by atoms with van der Waals surface area (Å²) in [5.74, 6) is -5.46. The summed E-state index contributed by atoms with van der Waals surface area (Å²) in [6.45, 7) is 5.84. The molecule has 2 saturated carbocycles. The first kappa shape index (κ1) is 29.3. The summed E-state index contributed by atoms with van der Waals surface area (Å²) in [6.07, 6.45) is 0.170. The molecule has 5 rings (SSSR count). The predicted molar refractivity (Wildman–Crippen MR) is 144 cm³/mol.